The summed E-state index contributed by atoms with van der Waals surface area (Å²) in [6.45, 7) is 4.23. The summed E-state index contributed by atoms with van der Waals surface area (Å²) < 4.78 is 6.30. The fraction of sp³-hybridized carbons (Fsp3) is 0.438. The van der Waals surface area contributed by atoms with Gasteiger partial charge in [0.2, 0.25) is 0 Å². The van der Waals surface area contributed by atoms with Crippen molar-refractivity contribution < 1.29 is 14.6 Å². The van der Waals surface area contributed by atoms with Gasteiger partial charge in [-0.05, 0) is 34.7 Å². The summed E-state index contributed by atoms with van der Waals surface area (Å²) in [6, 6.07) is 7.81. The van der Waals surface area contributed by atoms with Crippen molar-refractivity contribution in [3.05, 3.63) is 35.2 Å². The van der Waals surface area contributed by atoms with Crippen LogP contribution in [0, 0.1) is 5.92 Å². The quantitative estimate of drug-likeness (QED) is 0.861. The highest BCUT2D eigenvalue weighted by atomic mass is 32.1. The molecule has 0 spiro atoms. The van der Waals surface area contributed by atoms with Gasteiger partial charge in [-0.2, -0.15) is 0 Å². The highest BCUT2D eigenvalue weighted by molar-refractivity contribution is 7.17. The van der Waals surface area contributed by atoms with Crippen LogP contribution in [-0.4, -0.2) is 30.5 Å². The second-order valence-corrected chi connectivity index (χ2v) is 6.39. The lowest BCUT2D eigenvalue weighted by Crippen LogP contribution is -2.39. The van der Waals surface area contributed by atoms with Crippen molar-refractivity contribution in [1.29, 1.82) is 0 Å². The Morgan fingerprint density at radius 1 is 1.38 bits per heavy atom. The second kappa shape index (κ2) is 7.43. The zero-order chi connectivity index (χ0) is 15.2. The Morgan fingerprint density at radius 3 is 2.86 bits per heavy atom. The molecule has 0 aliphatic carbocycles. The van der Waals surface area contributed by atoms with Crippen molar-refractivity contribution in [2.45, 2.75) is 26.3 Å². The molecule has 0 radical (unpaired) electrons. The van der Waals surface area contributed by atoms with Gasteiger partial charge in [0, 0.05) is 4.70 Å². The largest absolute Gasteiger partial charge is 0.449 e. The first-order valence-corrected chi connectivity index (χ1v) is 7.97. The van der Waals surface area contributed by atoms with Gasteiger partial charge >= 0.3 is 6.09 Å². The highest BCUT2D eigenvalue weighted by Crippen LogP contribution is 2.26. The van der Waals surface area contributed by atoms with Gasteiger partial charge in [-0.15, -0.1) is 11.3 Å². The molecule has 1 heterocycles. The summed E-state index contributed by atoms with van der Waals surface area (Å²) in [7, 11) is 0. The SMILES string of the molecule is CC(C)COC(=O)N[C@H](CO)Cc1csc2ccccc12. The van der Waals surface area contributed by atoms with E-state index in [0.717, 1.165) is 5.56 Å². The lowest BCUT2D eigenvalue weighted by Gasteiger charge is -2.16. The molecule has 1 aromatic carbocycles. The maximum Gasteiger partial charge on any atom is 0.407 e. The van der Waals surface area contributed by atoms with E-state index in [4.69, 9.17) is 4.74 Å². The maximum atomic E-state index is 11.7. The molecular formula is C16H21NO3S. The van der Waals surface area contributed by atoms with Crippen LogP contribution in [0.25, 0.3) is 10.1 Å². The number of rotatable bonds is 6. The molecule has 2 aromatic rings. The molecule has 0 aliphatic heterocycles. The van der Waals surface area contributed by atoms with E-state index in [1.807, 2.05) is 26.0 Å². The Morgan fingerprint density at radius 2 is 2.14 bits per heavy atom. The van der Waals surface area contributed by atoms with Gasteiger partial charge in [-0.1, -0.05) is 32.0 Å². The summed E-state index contributed by atoms with van der Waals surface area (Å²) in [4.78, 5) is 11.7. The molecule has 5 heteroatoms. The Labute approximate surface area is 128 Å². The van der Waals surface area contributed by atoms with Crippen LogP contribution in [0.5, 0.6) is 0 Å². The summed E-state index contributed by atoms with van der Waals surface area (Å²) in [5.74, 6) is 0.296. The van der Waals surface area contributed by atoms with E-state index in [0.29, 0.717) is 18.9 Å². The van der Waals surface area contributed by atoms with Crippen LogP contribution in [-0.2, 0) is 11.2 Å². The number of alkyl carbamates (subject to hydrolysis) is 1. The van der Waals surface area contributed by atoms with Crippen molar-refractivity contribution in [2.24, 2.45) is 5.92 Å². The number of ether oxygens (including phenoxy) is 1. The number of nitrogens with one attached hydrogen (secondary N) is 1. The third-order valence-electron chi connectivity index (χ3n) is 3.12. The predicted octanol–water partition coefficient (Wildman–Crippen LogP) is 3.19. The van der Waals surface area contributed by atoms with Gasteiger partial charge in [0.15, 0.2) is 0 Å². The van der Waals surface area contributed by atoms with Crippen LogP contribution >= 0.6 is 11.3 Å². The first kappa shape index (κ1) is 15.8. The number of amides is 1. The minimum Gasteiger partial charge on any atom is -0.449 e. The van der Waals surface area contributed by atoms with Crippen LogP contribution in [0.15, 0.2) is 29.6 Å². The Kier molecular flexibility index (Phi) is 5.59. The zero-order valence-corrected chi connectivity index (χ0v) is 13.2. The third-order valence-corrected chi connectivity index (χ3v) is 4.13. The average Bonchev–Trinajstić information content (AvgIpc) is 2.88. The first-order chi connectivity index (χ1) is 10.1. The molecule has 114 valence electrons. The number of fused-ring (bicyclic) bond motifs is 1. The number of hydrogen-bond acceptors (Lipinski definition) is 4. The monoisotopic (exact) mass is 307 g/mol. The number of aliphatic hydroxyl groups is 1. The van der Waals surface area contributed by atoms with Crippen LogP contribution in [0.4, 0.5) is 4.79 Å². The minimum absolute atomic E-state index is 0.110. The topological polar surface area (TPSA) is 58.6 Å². The summed E-state index contributed by atoms with van der Waals surface area (Å²) in [6.07, 6.45) is 0.124. The van der Waals surface area contributed by atoms with Crippen LogP contribution in [0.2, 0.25) is 0 Å². The van der Waals surface area contributed by atoms with Crippen molar-refractivity contribution in [1.82, 2.24) is 5.32 Å². The Balaban J connectivity index is 1.97. The number of thiophene rings is 1. The average molecular weight is 307 g/mol. The van der Waals surface area contributed by atoms with Crippen LogP contribution < -0.4 is 5.32 Å². The predicted molar refractivity (Wildman–Crippen MR) is 85.7 cm³/mol. The Hall–Kier alpha value is -1.59. The molecular weight excluding hydrogens is 286 g/mol. The van der Waals surface area contributed by atoms with Gasteiger partial charge in [0.1, 0.15) is 0 Å². The summed E-state index contributed by atoms with van der Waals surface area (Å²) in [5, 5.41) is 15.4. The van der Waals surface area contributed by atoms with Crippen molar-refractivity contribution in [2.75, 3.05) is 13.2 Å². The van der Waals surface area contributed by atoms with E-state index in [1.165, 1.54) is 10.1 Å². The molecule has 1 atom stereocenters. The second-order valence-electron chi connectivity index (χ2n) is 5.48. The van der Waals surface area contributed by atoms with E-state index < -0.39 is 6.09 Å². The summed E-state index contributed by atoms with van der Waals surface area (Å²) >= 11 is 1.67. The molecule has 2 rings (SSSR count). The molecule has 0 unspecified atom stereocenters. The molecule has 4 nitrogen and oxygen atoms in total. The van der Waals surface area contributed by atoms with Gasteiger partial charge < -0.3 is 15.2 Å². The standard InChI is InChI=1S/C16H21NO3S/c1-11(2)9-20-16(19)17-13(8-18)7-12-10-21-15-6-4-3-5-14(12)15/h3-6,10-11,13,18H,7-9H2,1-2H3,(H,17,19)/t13-/m0/s1. The number of benzene rings is 1. The van der Waals surface area contributed by atoms with Gasteiger partial charge in [-0.3, -0.25) is 0 Å². The van der Waals surface area contributed by atoms with E-state index in [1.54, 1.807) is 11.3 Å². The lowest BCUT2D eigenvalue weighted by atomic mass is 10.1. The highest BCUT2D eigenvalue weighted by Gasteiger charge is 2.15. The fourth-order valence-corrected chi connectivity index (χ4v) is 3.04. The number of hydrogen-bond donors (Lipinski definition) is 2. The molecule has 1 aromatic heterocycles. The van der Waals surface area contributed by atoms with E-state index in [9.17, 15) is 9.90 Å². The number of carbonyl (C=O) groups excluding carboxylic acids is 1. The normalized spacial score (nSPS) is 12.6. The smallest absolute Gasteiger partial charge is 0.407 e. The van der Waals surface area contributed by atoms with E-state index in [-0.39, 0.29) is 12.6 Å². The lowest BCUT2D eigenvalue weighted by molar-refractivity contribution is 0.123. The molecule has 0 fully saturated rings. The first-order valence-electron chi connectivity index (χ1n) is 7.09. The van der Waals surface area contributed by atoms with Crippen molar-refractivity contribution in [3.8, 4) is 0 Å². The molecule has 21 heavy (non-hydrogen) atoms. The Bertz CT molecular complexity index is 594. The van der Waals surface area contributed by atoms with Crippen LogP contribution in [0.1, 0.15) is 19.4 Å². The molecule has 1 amide bonds. The van der Waals surface area contributed by atoms with Crippen molar-refractivity contribution in [3.63, 3.8) is 0 Å². The fourth-order valence-electron chi connectivity index (χ4n) is 2.07. The number of aliphatic hydroxyl groups excluding tert-OH is 1. The van der Waals surface area contributed by atoms with Crippen LogP contribution in [0.3, 0.4) is 0 Å². The molecule has 0 bridgehead atoms. The maximum absolute atomic E-state index is 11.7. The molecule has 0 saturated carbocycles. The molecule has 2 N–H and O–H groups in total. The zero-order valence-electron chi connectivity index (χ0n) is 12.3. The van der Waals surface area contributed by atoms with Gasteiger partial charge in [0.25, 0.3) is 0 Å². The van der Waals surface area contributed by atoms with E-state index in [2.05, 4.69) is 22.8 Å². The van der Waals surface area contributed by atoms with E-state index >= 15 is 0 Å². The van der Waals surface area contributed by atoms with Crippen molar-refractivity contribution >= 4 is 27.5 Å². The van der Waals surface area contributed by atoms with Gasteiger partial charge in [0.05, 0.1) is 19.3 Å². The molecule has 0 saturated heterocycles. The molecule has 0 aliphatic rings. The minimum atomic E-state index is -0.470. The number of carbonyl (C=O) groups is 1. The summed E-state index contributed by atoms with van der Waals surface area (Å²) in [5.41, 5.74) is 1.14. The van der Waals surface area contributed by atoms with Gasteiger partial charge in [-0.25, -0.2) is 4.79 Å². The third kappa shape index (κ3) is 4.44.